The lowest BCUT2D eigenvalue weighted by Gasteiger charge is -2.37. The SMILES string of the molecule is CNc1cnc(C(=O)N2CCCC3CCCC32)cn1. The van der Waals surface area contributed by atoms with Crippen molar-refractivity contribution in [2.24, 2.45) is 5.92 Å². The number of nitrogens with one attached hydrogen (secondary N) is 1. The van der Waals surface area contributed by atoms with E-state index in [-0.39, 0.29) is 5.91 Å². The van der Waals surface area contributed by atoms with Crippen molar-refractivity contribution in [1.82, 2.24) is 14.9 Å². The molecule has 0 spiro atoms. The molecule has 2 aliphatic rings. The van der Waals surface area contributed by atoms with Crippen LogP contribution in [0.5, 0.6) is 0 Å². The van der Waals surface area contributed by atoms with Gasteiger partial charge in [-0.3, -0.25) is 4.79 Å². The highest BCUT2D eigenvalue weighted by molar-refractivity contribution is 5.92. The molecule has 19 heavy (non-hydrogen) atoms. The van der Waals surface area contributed by atoms with Crippen LogP contribution in [-0.2, 0) is 0 Å². The van der Waals surface area contributed by atoms with Crippen LogP contribution in [0.1, 0.15) is 42.6 Å². The predicted molar refractivity (Wildman–Crippen MR) is 73.0 cm³/mol. The quantitative estimate of drug-likeness (QED) is 0.882. The van der Waals surface area contributed by atoms with Gasteiger partial charge in [-0.1, -0.05) is 6.42 Å². The third kappa shape index (κ3) is 2.29. The summed E-state index contributed by atoms with van der Waals surface area (Å²) >= 11 is 0. The first-order valence-electron chi connectivity index (χ1n) is 7.10. The molecule has 0 radical (unpaired) electrons. The van der Waals surface area contributed by atoms with E-state index in [9.17, 15) is 4.79 Å². The molecule has 1 aromatic rings. The van der Waals surface area contributed by atoms with Gasteiger partial charge in [0.15, 0.2) is 0 Å². The number of anilines is 1. The number of carbonyl (C=O) groups is 1. The molecule has 1 aliphatic heterocycles. The zero-order valence-corrected chi connectivity index (χ0v) is 11.3. The molecule has 5 nitrogen and oxygen atoms in total. The first-order chi connectivity index (χ1) is 9.29. The number of carbonyl (C=O) groups excluding carboxylic acids is 1. The number of piperidine rings is 1. The van der Waals surface area contributed by atoms with Crippen LogP contribution < -0.4 is 5.32 Å². The number of fused-ring (bicyclic) bond motifs is 1. The molecule has 0 aromatic carbocycles. The summed E-state index contributed by atoms with van der Waals surface area (Å²) in [7, 11) is 1.79. The fraction of sp³-hybridized carbons (Fsp3) is 0.643. The van der Waals surface area contributed by atoms with E-state index in [1.807, 2.05) is 4.90 Å². The Hall–Kier alpha value is -1.65. The van der Waals surface area contributed by atoms with Crippen LogP contribution in [0.3, 0.4) is 0 Å². The fourth-order valence-corrected chi connectivity index (χ4v) is 3.42. The van der Waals surface area contributed by atoms with Crippen molar-refractivity contribution in [3.63, 3.8) is 0 Å². The van der Waals surface area contributed by atoms with Crippen LogP contribution in [0, 0.1) is 5.92 Å². The summed E-state index contributed by atoms with van der Waals surface area (Å²) in [6, 6.07) is 0.437. The molecule has 1 N–H and O–H groups in total. The molecule has 2 atom stereocenters. The second-order valence-electron chi connectivity index (χ2n) is 5.44. The van der Waals surface area contributed by atoms with Gasteiger partial charge in [0.05, 0.1) is 12.4 Å². The maximum Gasteiger partial charge on any atom is 0.274 e. The van der Waals surface area contributed by atoms with Gasteiger partial charge >= 0.3 is 0 Å². The molecule has 2 fully saturated rings. The number of likely N-dealkylation sites (tertiary alicyclic amines) is 1. The Bertz CT molecular complexity index is 459. The minimum atomic E-state index is 0.0479. The summed E-state index contributed by atoms with van der Waals surface area (Å²) < 4.78 is 0. The van der Waals surface area contributed by atoms with Crippen molar-refractivity contribution < 1.29 is 4.79 Å². The second kappa shape index (κ2) is 5.15. The minimum absolute atomic E-state index is 0.0479. The summed E-state index contributed by atoms with van der Waals surface area (Å²) in [6.07, 6.45) is 9.27. The van der Waals surface area contributed by atoms with E-state index < -0.39 is 0 Å². The van der Waals surface area contributed by atoms with Gasteiger partial charge in [0, 0.05) is 19.6 Å². The molecule has 0 bridgehead atoms. The molecule has 102 valence electrons. The van der Waals surface area contributed by atoms with Crippen molar-refractivity contribution in [2.75, 3.05) is 18.9 Å². The van der Waals surface area contributed by atoms with Gasteiger partial charge in [-0.05, 0) is 31.6 Å². The van der Waals surface area contributed by atoms with E-state index in [1.54, 1.807) is 19.4 Å². The molecule has 2 heterocycles. The number of aromatic nitrogens is 2. The zero-order valence-electron chi connectivity index (χ0n) is 11.3. The second-order valence-corrected chi connectivity index (χ2v) is 5.44. The Morgan fingerprint density at radius 1 is 1.26 bits per heavy atom. The predicted octanol–water partition coefficient (Wildman–Crippen LogP) is 1.92. The molecule has 2 unspecified atom stereocenters. The lowest BCUT2D eigenvalue weighted by atomic mass is 9.92. The molecule has 3 rings (SSSR count). The van der Waals surface area contributed by atoms with E-state index in [0.717, 1.165) is 19.4 Å². The van der Waals surface area contributed by atoms with E-state index in [4.69, 9.17) is 0 Å². The lowest BCUT2D eigenvalue weighted by molar-refractivity contribution is 0.0542. The van der Waals surface area contributed by atoms with Crippen LogP contribution in [0.15, 0.2) is 12.4 Å². The van der Waals surface area contributed by atoms with E-state index in [0.29, 0.717) is 23.5 Å². The van der Waals surface area contributed by atoms with Gasteiger partial charge in [0.25, 0.3) is 5.91 Å². The summed E-state index contributed by atoms with van der Waals surface area (Å²) in [5, 5.41) is 2.91. The Balaban J connectivity index is 1.78. The molecule has 1 aliphatic carbocycles. The number of amides is 1. The number of rotatable bonds is 2. The summed E-state index contributed by atoms with van der Waals surface area (Å²) in [5.41, 5.74) is 0.464. The first-order valence-corrected chi connectivity index (χ1v) is 7.10. The minimum Gasteiger partial charge on any atom is -0.372 e. The third-order valence-corrected chi connectivity index (χ3v) is 4.38. The van der Waals surface area contributed by atoms with Crippen LogP contribution in [0.2, 0.25) is 0 Å². The molecule has 1 saturated carbocycles. The fourth-order valence-electron chi connectivity index (χ4n) is 3.42. The standard InChI is InChI=1S/C14H20N4O/c1-15-13-9-16-11(8-17-13)14(19)18-7-3-5-10-4-2-6-12(10)18/h8-10,12H,2-7H2,1H3,(H,15,17). The number of hydrogen-bond donors (Lipinski definition) is 1. The van der Waals surface area contributed by atoms with Crippen molar-refractivity contribution in [1.29, 1.82) is 0 Å². The van der Waals surface area contributed by atoms with Gasteiger partial charge in [-0.2, -0.15) is 0 Å². The number of hydrogen-bond acceptors (Lipinski definition) is 4. The van der Waals surface area contributed by atoms with Gasteiger partial charge in [0.2, 0.25) is 0 Å². The smallest absolute Gasteiger partial charge is 0.274 e. The topological polar surface area (TPSA) is 58.1 Å². The third-order valence-electron chi connectivity index (χ3n) is 4.38. The molecule has 1 amide bonds. The maximum absolute atomic E-state index is 12.5. The summed E-state index contributed by atoms with van der Waals surface area (Å²) in [6.45, 7) is 0.870. The van der Waals surface area contributed by atoms with Crippen LogP contribution >= 0.6 is 0 Å². The van der Waals surface area contributed by atoms with Gasteiger partial charge in [-0.25, -0.2) is 9.97 Å². The van der Waals surface area contributed by atoms with Crippen molar-refractivity contribution in [3.8, 4) is 0 Å². The van der Waals surface area contributed by atoms with Crippen LogP contribution in [0.25, 0.3) is 0 Å². The average Bonchev–Trinajstić information content (AvgIpc) is 2.95. The van der Waals surface area contributed by atoms with Crippen LogP contribution in [0.4, 0.5) is 5.82 Å². The van der Waals surface area contributed by atoms with Gasteiger partial charge in [-0.15, -0.1) is 0 Å². The average molecular weight is 260 g/mol. The Morgan fingerprint density at radius 2 is 2.11 bits per heavy atom. The monoisotopic (exact) mass is 260 g/mol. The normalized spacial score (nSPS) is 26.1. The van der Waals surface area contributed by atoms with Crippen molar-refractivity contribution >= 4 is 11.7 Å². The first kappa shape index (κ1) is 12.4. The Labute approximate surface area is 113 Å². The highest BCUT2D eigenvalue weighted by Crippen LogP contribution is 2.37. The van der Waals surface area contributed by atoms with Crippen molar-refractivity contribution in [3.05, 3.63) is 18.1 Å². The van der Waals surface area contributed by atoms with Crippen LogP contribution in [-0.4, -0.2) is 40.4 Å². The zero-order chi connectivity index (χ0) is 13.2. The number of nitrogens with zero attached hydrogens (tertiary/aromatic N) is 3. The largest absolute Gasteiger partial charge is 0.372 e. The molecular formula is C14H20N4O. The van der Waals surface area contributed by atoms with E-state index in [2.05, 4.69) is 15.3 Å². The van der Waals surface area contributed by atoms with Gasteiger partial charge in [0.1, 0.15) is 11.5 Å². The Morgan fingerprint density at radius 3 is 2.84 bits per heavy atom. The molecule has 1 aromatic heterocycles. The van der Waals surface area contributed by atoms with E-state index >= 15 is 0 Å². The maximum atomic E-state index is 12.5. The van der Waals surface area contributed by atoms with Gasteiger partial charge < -0.3 is 10.2 Å². The summed E-state index contributed by atoms with van der Waals surface area (Å²) in [4.78, 5) is 23.0. The van der Waals surface area contributed by atoms with E-state index in [1.165, 1.54) is 19.3 Å². The summed E-state index contributed by atoms with van der Waals surface area (Å²) in [5.74, 6) is 1.45. The molecule has 1 saturated heterocycles. The molecular weight excluding hydrogens is 240 g/mol. The highest BCUT2D eigenvalue weighted by Gasteiger charge is 2.37. The Kier molecular flexibility index (Phi) is 3.36. The lowest BCUT2D eigenvalue weighted by Crippen LogP contribution is -2.46. The van der Waals surface area contributed by atoms with Crippen molar-refractivity contribution in [2.45, 2.75) is 38.1 Å². The molecule has 5 heteroatoms. The highest BCUT2D eigenvalue weighted by atomic mass is 16.2.